The molecule has 0 aliphatic carbocycles. The zero-order valence-corrected chi connectivity index (χ0v) is 17.0. The predicted octanol–water partition coefficient (Wildman–Crippen LogP) is 0.0200. The van der Waals surface area contributed by atoms with Crippen molar-refractivity contribution in [2.45, 2.75) is 37.8 Å². The van der Waals surface area contributed by atoms with Gasteiger partial charge in [-0.05, 0) is 24.0 Å². The minimum absolute atomic E-state index is 0.334. The largest absolute Gasteiger partial charge is 0.381 e. The standard InChI is InChI=1S/C20H28N6O4/c27-19(21-3-5-25-11-17(9-23-25)15-1-7-29-13-15)20(28)22-4-6-26-12-18(10-24-26)16-2-8-30-14-16/h9-12,15-16H,1-8,13-14H2,(H,21,27)(H,22,28). The number of carbonyl (C=O) groups is 2. The van der Waals surface area contributed by atoms with E-state index < -0.39 is 11.8 Å². The summed E-state index contributed by atoms with van der Waals surface area (Å²) in [6.07, 6.45) is 9.65. The van der Waals surface area contributed by atoms with Crippen molar-refractivity contribution in [1.82, 2.24) is 30.2 Å². The van der Waals surface area contributed by atoms with Crippen LogP contribution in [0.2, 0.25) is 0 Å². The normalized spacial score (nSPS) is 21.1. The Balaban J connectivity index is 1.12. The maximum absolute atomic E-state index is 12.0. The van der Waals surface area contributed by atoms with Gasteiger partial charge >= 0.3 is 11.8 Å². The molecule has 2 aliphatic heterocycles. The van der Waals surface area contributed by atoms with Crippen LogP contribution in [-0.2, 0) is 32.2 Å². The lowest BCUT2D eigenvalue weighted by molar-refractivity contribution is -0.139. The van der Waals surface area contributed by atoms with Crippen LogP contribution >= 0.6 is 0 Å². The van der Waals surface area contributed by atoms with E-state index in [-0.39, 0.29) is 0 Å². The monoisotopic (exact) mass is 416 g/mol. The molecular formula is C20H28N6O4. The van der Waals surface area contributed by atoms with Gasteiger partial charge in [-0.2, -0.15) is 10.2 Å². The van der Waals surface area contributed by atoms with E-state index in [9.17, 15) is 9.59 Å². The van der Waals surface area contributed by atoms with Crippen molar-refractivity contribution in [1.29, 1.82) is 0 Å². The van der Waals surface area contributed by atoms with Crippen LogP contribution in [0.25, 0.3) is 0 Å². The van der Waals surface area contributed by atoms with Crippen LogP contribution in [0.15, 0.2) is 24.8 Å². The van der Waals surface area contributed by atoms with Gasteiger partial charge in [0.15, 0.2) is 0 Å². The first-order valence-corrected chi connectivity index (χ1v) is 10.5. The Hall–Kier alpha value is -2.72. The molecule has 4 heterocycles. The lowest BCUT2D eigenvalue weighted by Gasteiger charge is -2.07. The van der Waals surface area contributed by atoms with Crippen molar-refractivity contribution in [3.8, 4) is 0 Å². The first-order valence-electron chi connectivity index (χ1n) is 10.5. The van der Waals surface area contributed by atoms with Gasteiger partial charge in [-0.1, -0.05) is 0 Å². The molecule has 30 heavy (non-hydrogen) atoms. The fourth-order valence-corrected chi connectivity index (χ4v) is 3.75. The Kier molecular flexibility index (Phi) is 6.75. The minimum Gasteiger partial charge on any atom is -0.381 e. The second-order valence-corrected chi connectivity index (χ2v) is 7.71. The summed E-state index contributed by atoms with van der Waals surface area (Å²) in [5.41, 5.74) is 2.30. The van der Waals surface area contributed by atoms with E-state index in [1.807, 2.05) is 24.8 Å². The van der Waals surface area contributed by atoms with Crippen LogP contribution in [0.3, 0.4) is 0 Å². The molecule has 10 nitrogen and oxygen atoms in total. The van der Waals surface area contributed by atoms with Gasteiger partial charge < -0.3 is 20.1 Å². The fraction of sp³-hybridized carbons (Fsp3) is 0.600. The van der Waals surface area contributed by atoms with Gasteiger partial charge in [-0.15, -0.1) is 0 Å². The number of hydrogen-bond acceptors (Lipinski definition) is 6. The fourth-order valence-electron chi connectivity index (χ4n) is 3.75. The molecule has 2 saturated heterocycles. The predicted molar refractivity (Wildman–Crippen MR) is 107 cm³/mol. The van der Waals surface area contributed by atoms with Gasteiger partial charge in [0.25, 0.3) is 0 Å². The summed E-state index contributed by atoms with van der Waals surface area (Å²) in [4.78, 5) is 23.9. The maximum Gasteiger partial charge on any atom is 0.309 e. The average Bonchev–Trinajstić information content (AvgIpc) is 3.55. The molecule has 10 heteroatoms. The summed E-state index contributed by atoms with van der Waals surface area (Å²) in [6, 6.07) is 0. The van der Waals surface area contributed by atoms with Crippen LogP contribution in [0.4, 0.5) is 0 Å². The number of rotatable bonds is 8. The Morgan fingerprint density at radius 3 is 1.73 bits per heavy atom. The molecule has 0 radical (unpaired) electrons. The summed E-state index contributed by atoms with van der Waals surface area (Å²) in [6.45, 7) is 4.73. The first kappa shape index (κ1) is 20.5. The first-order chi connectivity index (χ1) is 14.7. The molecule has 2 fully saturated rings. The third-order valence-electron chi connectivity index (χ3n) is 5.57. The summed E-state index contributed by atoms with van der Waals surface area (Å²) >= 11 is 0. The van der Waals surface area contributed by atoms with E-state index >= 15 is 0 Å². The molecular weight excluding hydrogens is 388 g/mol. The van der Waals surface area contributed by atoms with Gasteiger partial charge in [0, 0.05) is 50.5 Å². The van der Waals surface area contributed by atoms with Crippen LogP contribution in [0.5, 0.6) is 0 Å². The summed E-state index contributed by atoms with van der Waals surface area (Å²) < 4.78 is 14.3. The molecule has 2 aliphatic rings. The number of carbonyl (C=O) groups excluding carboxylic acids is 2. The Labute approximate surface area is 174 Å². The van der Waals surface area contributed by atoms with Crippen LogP contribution in [0, 0.1) is 0 Å². The van der Waals surface area contributed by atoms with E-state index in [2.05, 4.69) is 20.8 Å². The highest BCUT2D eigenvalue weighted by Crippen LogP contribution is 2.25. The van der Waals surface area contributed by atoms with Crippen molar-refractivity contribution in [3.63, 3.8) is 0 Å². The van der Waals surface area contributed by atoms with Gasteiger partial charge in [0.05, 0.1) is 38.7 Å². The smallest absolute Gasteiger partial charge is 0.309 e. The number of ether oxygens (including phenoxy) is 2. The summed E-state index contributed by atoms with van der Waals surface area (Å²) in [5, 5.41) is 13.9. The molecule has 4 rings (SSSR count). The highest BCUT2D eigenvalue weighted by Gasteiger charge is 2.20. The van der Waals surface area contributed by atoms with E-state index in [1.165, 1.54) is 0 Å². The molecule has 2 aromatic rings. The zero-order valence-electron chi connectivity index (χ0n) is 17.0. The second kappa shape index (κ2) is 9.86. The molecule has 2 aromatic heterocycles. The van der Waals surface area contributed by atoms with Crippen molar-refractivity contribution < 1.29 is 19.1 Å². The Morgan fingerprint density at radius 1 is 0.867 bits per heavy atom. The molecule has 0 spiro atoms. The van der Waals surface area contributed by atoms with Crippen molar-refractivity contribution in [2.24, 2.45) is 0 Å². The van der Waals surface area contributed by atoms with E-state index in [0.717, 1.165) is 50.4 Å². The van der Waals surface area contributed by atoms with Gasteiger partial charge in [0.1, 0.15) is 0 Å². The highest BCUT2D eigenvalue weighted by atomic mass is 16.5. The topological polar surface area (TPSA) is 112 Å². The van der Waals surface area contributed by atoms with Gasteiger partial charge in [-0.25, -0.2) is 0 Å². The quantitative estimate of drug-likeness (QED) is 0.587. The number of nitrogens with one attached hydrogen (secondary N) is 2. The zero-order chi connectivity index (χ0) is 20.8. The van der Waals surface area contributed by atoms with Gasteiger partial charge in [-0.3, -0.25) is 19.0 Å². The number of aromatic nitrogens is 4. The average molecular weight is 416 g/mol. The van der Waals surface area contributed by atoms with E-state index in [1.54, 1.807) is 9.36 Å². The van der Waals surface area contributed by atoms with Crippen molar-refractivity contribution in [2.75, 3.05) is 39.5 Å². The van der Waals surface area contributed by atoms with Crippen LogP contribution in [0.1, 0.15) is 35.8 Å². The Bertz CT molecular complexity index is 781. The number of amides is 2. The minimum atomic E-state index is -0.643. The molecule has 0 bridgehead atoms. The molecule has 2 unspecified atom stereocenters. The highest BCUT2D eigenvalue weighted by molar-refractivity contribution is 6.35. The molecule has 2 amide bonds. The van der Waals surface area contributed by atoms with Gasteiger partial charge in [0.2, 0.25) is 0 Å². The third kappa shape index (κ3) is 5.25. The molecule has 0 saturated carbocycles. The number of hydrogen-bond donors (Lipinski definition) is 2. The lowest BCUT2D eigenvalue weighted by Crippen LogP contribution is -2.42. The SMILES string of the molecule is O=C(NCCn1cc(C2CCOC2)cn1)C(=O)NCCn1cc(C2CCOC2)cn1. The van der Waals surface area contributed by atoms with E-state index in [4.69, 9.17) is 9.47 Å². The number of nitrogens with zero attached hydrogens (tertiary/aromatic N) is 4. The second-order valence-electron chi connectivity index (χ2n) is 7.71. The lowest BCUT2D eigenvalue weighted by atomic mass is 10.0. The summed E-state index contributed by atoms with van der Waals surface area (Å²) in [5.74, 6) is -0.486. The molecule has 162 valence electrons. The van der Waals surface area contributed by atoms with Crippen molar-refractivity contribution in [3.05, 3.63) is 35.9 Å². The summed E-state index contributed by atoms with van der Waals surface area (Å²) in [7, 11) is 0. The van der Waals surface area contributed by atoms with Crippen molar-refractivity contribution >= 4 is 11.8 Å². The Morgan fingerprint density at radius 2 is 1.33 bits per heavy atom. The molecule has 0 aromatic carbocycles. The van der Waals surface area contributed by atoms with E-state index in [0.29, 0.717) is 38.0 Å². The maximum atomic E-state index is 12.0. The molecule has 2 N–H and O–H groups in total. The molecule has 2 atom stereocenters. The van der Waals surface area contributed by atoms with Crippen LogP contribution < -0.4 is 10.6 Å². The third-order valence-corrected chi connectivity index (χ3v) is 5.57. The van der Waals surface area contributed by atoms with Crippen LogP contribution in [-0.4, -0.2) is 70.9 Å².